The summed E-state index contributed by atoms with van der Waals surface area (Å²) in [5.74, 6) is 0. The Morgan fingerprint density at radius 3 is 1.45 bits per heavy atom. The van der Waals surface area contributed by atoms with Crippen LogP contribution in [-0.2, 0) is 37.9 Å². The van der Waals surface area contributed by atoms with Gasteiger partial charge in [0.1, 0.15) is 48.8 Å². The molecule has 2 fully saturated rings. The molecule has 0 unspecified atom stereocenters. The first kappa shape index (κ1) is 28.8. The lowest BCUT2D eigenvalue weighted by atomic mass is 9.97. The Hall–Kier alpha value is -0.440. The lowest BCUT2D eigenvalue weighted by Crippen LogP contribution is -2.65. The zero-order valence-electron chi connectivity index (χ0n) is 20.3. The molecule has 2 aliphatic rings. The first-order valence-electron chi connectivity index (χ1n) is 11.9. The summed E-state index contributed by atoms with van der Waals surface area (Å²) in [6.07, 6.45) is -8.87. The Kier molecular flexibility index (Phi) is 13.0. The predicted octanol–water partition coefficient (Wildman–Crippen LogP) is -0.176. The minimum atomic E-state index is -1.11. The third-order valence-corrected chi connectivity index (χ3v) is 5.61. The average Bonchev–Trinajstić information content (AvgIpc) is 2.81. The van der Waals surface area contributed by atoms with Crippen LogP contribution in [0.25, 0.3) is 0 Å². The lowest BCUT2D eigenvalue weighted by molar-refractivity contribution is -0.386. The Morgan fingerprint density at radius 1 is 0.606 bits per heavy atom. The molecule has 3 N–H and O–H groups in total. The molecule has 2 aliphatic heterocycles. The van der Waals surface area contributed by atoms with E-state index in [-0.39, 0.29) is 6.61 Å². The van der Waals surface area contributed by atoms with E-state index in [9.17, 15) is 15.3 Å². The van der Waals surface area contributed by atoms with Gasteiger partial charge in [-0.1, -0.05) is 0 Å². The van der Waals surface area contributed by atoms with Crippen LogP contribution in [0.4, 0.5) is 0 Å². The van der Waals surface area contributed by atoms with E-state index in [2.05, 4.69) is 0 Å². The molecule has 2 saturated heterocycles. The maximum Gasteiger partial charge on any atom is 0.190 e. The number of hydrogen-bond acceptors (Lipinski definition) is 11. The summed E-state index contributed by atoms with van der Waals surface area (Å²) in [5.41, 5.74) is 0. The van der Waals surface area contributed by atoms with Crippen molar-refractivity contribution in [2.45, 2.75) is 96.0 Å². The molecule has 11 heteroatoms. The molecular weight excluding hydrogens is 440 g/mol. The van der Waals surface area contributed by atoms with Crippen molar-refractivity contribution < 1.29 is 53.2 Å². The monoisotopic (exact) mass is 482 g/mol. The van der Waals surface area contributed by atoms with Crippen LogP contribution < -0.4 is 0 Å². The van der Waals surface area contributed by atoms with E-state index < -0.39 is 68.0 Å². The van der Waals surface area contributed by atoms with Crippen LogP contribution in [0.3, 0.4) is 0 Å². The van der Waals surface area contributed by atoms with Gasteiger partial charge in [0.15, 0.2) is 12.6 Å². The van der Waals surface area contributed by atoms with Gasteiger partial charge in [-0.25, -0.2) is 0 Å². The van der Waals surface area contributed by atoms with Crippen LogP contribution in [0.5, 0.6) is 0 Å². The van der Waals surface area contributed by atoms with Crippen molar-refractivity contribution in [1.82, 2.24) is 0 Å². The van der Waals surface area contributed by atoms with Gasteiger partial charge in [-0.05, 0) is 34.6 Å². The summed E-state index contributed by atoms with van der Waals surface area (Å²) in [4.78, 5) is 0. The Bertz CT molecular complexity index is 525. The first-order valence-corrected chi connectivity index (χ1v) is 11.9. The molecule has 0 saturated carbocycles. The number of aliphatic hydroxyl groups excluding tert-OH is 3. The molecule has 0 radical (unpaired) electrons. The molecule has 0 aromatic rings. The van der Waals surface area contributed by atoms with E-state index in [4.69, 9.17) is 37.9 Å². The third kappa shape index (κ3) is 7.28. The number of hydrogen-bond donors (Lipinski definition) is 3. The van der Waals surface area contributed by atoms with E-state index in [0.717, 1.165) is 0 Å². The topological polar surface area (TPSA) is 135 Å². The van der Waals surface area contributed by atoms with Crippen molar-refractivity contribution in [1.29, 1.82) is 0 Å². The van der Waals surface area contributed by atoms with Gasteiger partial charge < -0.3 is 53.2 Å². The van der Waals surface area contributed by atoms with Gasteiger partial charge in [-0.15, -0.1) is 0 Å². The van der Waals surface area contributed by atoms with Gasteiger partial charge >= 0.3 is 0 Å². The molecule has 196 valence electrons. The Balaban J connectivity index is 2.31. The minimum Gasteiger partial charge on any atom is -0.394 e. The fourth-order valence-corrected chi connectivity index (χ4v) is 4.16. The zero-order valence-corrected chi connectivity index (χ0v) is 20.3. The van der Waals surface area contributed by atoms with Crippen LogP contribution >= 0.6 is 0 Å². The van der Waals surface area contributed by atoms with E-state index in [1.807, 2.05) is 27.7 Å². The van der Waals surface area contributed by atoms with Crippen LogP contribution in [0.1, 0.15) is 34.6 Å². The van der Waals surface area contributed by atoms with Gasteiger partial charge in [0, 0.05) is 33.0 Å². The minimum absolute atomic E-state index is 0.139. The van der Waals surface area contributed by atoms with E-state index in [0.29, 0.717) is 33.0 Å². The van der Waals surface area contributed by atoms with E-state index in [1.54, 1.807) is 6.92 Å². The highest BCUT2D eigenvalue weighted by atomic mass is 16.8. The van der Waals surface area contributed by atoms with E-state index in [1.165, 1.54) is 0 Å². The number of ether oxygens (including phenoxy) is 8. The molecule has 2 rings (SSSR count). The van der Waals surface area contributed by atoms with Gasteiger partial charge in [0.2, 0.25) is 0 Å². The summed E-state index contributed by atoms with van der Waals surface area (Å²) in [6, 6.07) is 0. The molecule has 11 nitrogen and oxygen atoms in total. The quantitative estimate of drug-likeness (QED) is 0.304. The first-order chi connectivity index (χ1) is 16.0. The summed E-state index contributed by atoms with van der Waals surface area (Å²) in [7, 11) is 0. The van der Waals surface area contributed by atoms with Crippen LogP contribution in [0.2, 0.25) is 0 Å². The highest BCUT2D eigenvalue weighted by Gasteiger charge is 2.52. The summed E-state index contributed by atoms with van der Waals surface area (Å²) >= 11 is 0. The molecule has 0 spiro atoms. The maximum absolute atomic E-state index is 10.9. The maximum atomic E-state index is 10.9. The molecule has 33 heavy (non-hydrogen) atoms. The largest absolute Gasteiger partial charge is 0.394 e. The van der Waals surface area contributed by atoms with Crippen molar-refractivity contribution >= 4 is 0 Å². The fourth-order valence-electron chi connectivity index (χ4n) is 4.16. The molecule has 10 atom stereocenters. The molecule has 2 heterocycles. The number of aliphatic hydroxyl groups is 3. The van der Waals surface area contributed by atoms with Crippen molar-refractivity contribution in [3.8, 4) is 0 Å². The second-order valence-electron chi connectivity index (χ2n) is 7.72. The van der Waals surface area contributed by atoms with Crippen molar-refractivity contribution in [3.63, 3.8) is 0 Å². The smallest absolute Gasteiger partial charge is 0.190 e. The summed E-state index contributed by atoms with van der Waals surface area (Å²) < 4.78 is 46.9. The van der Waals surface area contributed by atoms with Crippen LogP contribution in [0.15, 0.2) is 0 Å². The molecule has 0 aliphatic carbocycles. The fraction of sp³-hybridized carbons (Fsp3) is 1.00. The van der Waals surface area contributed by atoms with Crippen molar-refractivity contribution in [2.75, 3.05) is 46.2 Å². The molecule has 0 amide bonds. The second kappa shape index (κ2) is 14.8. The Morgan fingerprint density at radius 2 is 1.03 bits per heavy atom. The molecular formula is C22H42O11. The highest BCUT2D eigenvalue weighted by molar-refractivity contribution is 4.95. The van der Waals surface area contributed by atoms with Gasteiger partial charge in [-0.2, -0.15) is 0 Å². The van der Waals surface area contributed by atoms with Crippen LogP contribution in [0, 0.1) is 0 Å². The SMILES string of the molecule is CCOC[C@H]1O[C@@H](O[C@H]2O[C@@H](CO)[C@H](O)[C@@H](OCC)[C@@H]2OCC)[C@H](OCC)[C@@H](OCC)[C@@H]1O. The number of rotatable bonds is 14. The predicted molar refractivity (Wildman–Crippen MR) is 116 cm³/mol. The normalized spacial score (nSPS) is 39.6. The van der Waals surface area contributed by atoms with Crippen LogP contribution in [-0.4, -0.2) is 123 Å². The molecule has 0 aromatic heterocycles. The van der Waals surface area contributed by atoms with Crippen molar-refractivity contribution in [3.05, 3.63) is 0 Å². The molecule has 0 aromatic carbocycles. The van der Waals surface area contributed by atoms with Gasteiger partial charge in [-0.3, -0.25) is 0 Å². The standard InChI is InChI=1S/C22H42O11/c1-6-26-12-14-16(25)18(28-8-3)20(30-10-5)22(32-14)33-21-19(29-9-4)17(27-7-2)15(24)13(11-23)31-21/h13-25H,6-12H2,1-5H3/t13-,14+,15-,16+,17+,18-,19-,20+,21+,22-/m0/s1. The van der Waals surface area contributed by atoms with E-state index >= 15 is 0 Å². The average molecular weight is 483 g/mol. The van der Waals surface area contributed by atoms with Gasteiger partial charge in [0.25, 0.3) is 0 Å². The second-order valence-corrected chi connectivity index (χ2v) is 7.72. The third-order valence-electron chi connectivity index (χ3n) is 5.61. The van der Waals surface area contributed by atoms with Gasteiger partial charge in [0.05, 0.1) is 13.2 Å². The molecule has 0 bridgehead atoms. The summed E-state index contributed by atoms with van der Waals surface area (Å²) in [6.45, 7) is 10.6. The summed E-state index contributed by atoms with van der Waals surface area (Å²) in [5, 5.41) is 31.2. The highest BCUT2D eigenvalue weighted by Crippen LogP contribution is 2.32. The lowest BCUT2D eigenvalue weighted by Gasteiger charge is -2.48. The Labute approximate surface area is 196 Å². The van der Waals surface area contributed by atoms with Crippen molar-refractivity contribution in [2.24, 2.45) is 0 Å². The zero-order chi connectivity index (χ0) is 24.4.